The zero-order valence-corrected chi connectivity index (χ0v) is 16.6. The second-order valence-corrected chi connectivity index (χ2v) is 7.47. The number of nitrogens with zero attached hydrogens (tertiary/aromatic N) is 4. The summed E-state index contributed by atoms with van der Waals surface area (Å²) < 4.78 is 0.756. The highest BCUT2D eigenvalue weighted by molar-refractivity contribution is 9.10. The maximum atomic E-state index is 12.1. The Morgan fingerprint density at radius 3 is 2.86 bits per heavy atom. The van der Waals surface area contributed by atoms with E-state index in [0.717, 1.165) is 10.0 Å². The predicted octanol–water partition coefficient (Wildman–Crippen LogP) is 1.98. The summed E-state index contributed by atoms with van der Waals surface area (Å²) in [6.45, 7) is 0.489. The van der Waals surface area contributed by atoms with Crippen LogP contribution in [0.3, 0.4) is 0 Å². The summed E-state index contributed by atoms with van der Waals surface area (Å²) in [5.41, 5.74) is 7.63. The number of carbonyl (C=O) groups is 1. The van der Waals surface area contributed by atoms with Gasteiger partial charge in [-0.05, 0) is 34.1 Å². The van der Waals surface area contributed by atoms with Crippen LogP contribution < -0.4 is 5.73 Å². The summed E-state index contributed by atoms with van der Waals surface area (Å²) >= 11 is 3.50. The molecule has 3 aromatic rings. The van der Waals surface area contributed by atoms with Gasteiger partial charge in [0.1, 0.15) is 17.4 Å². The molecular weight excluding hydrogens is 422 g/mol. The molecule has 2 aromatic heterocycles. The highest BCUT2D eigenvalue weighted by atomic mass is 79.9. The lowest BCUT2D eigenvalue weighted by atomic mass is 10.0. The Morgan fingerprint density at radius 2 is 2.11 bits per heavy atom. The number of nitrogens with two attached hydrogens (primary N) is 1. The number of anilines is 1. The fourth-order valence-corrected chi connectivity index (χ4v) is 3.57. The fraction of sp³-hybridized carbons (Fsp3) is 0.200. The van der Waals surface area contributed by atoms with Crippen LogP contribution >= 0.6 is 15.9 Å². The smallest absolute Gasteiger partial charge is 0.267 e. The average Bonchev–Trinajstić information content (AvgIpc) is 2.95. The normalized spacial score (nSPS) is 19.0. The third-order valence-corrected chi connectivity index (χ3v) is 5.26. The van der Waals surface area contributed by atoms with E-state index >= 15 is 0 Å². The van der Waals surface area contributed by atoms with Crippen molar-refractivity contribution < 1.29 is 9.90 Å². The number of rotatable bonds is 1. The van der Waals surface area contributed by atoms with Gasteiger partial charge in [0.05, 0.1) is 5.69 Å². The quantitative estimate of drug-likeness (QED) is 0.563. The van der Waals surface area contributed by atoms with E-state index in [2.05, 4.69) is 42.7 Å². The van der Waals surface area contributed by atoms with Gasteiger partial charge in [0.25, 0.3) is 5.91 Å². The Labute approximate surface area is 169 Å². The van der Waals surface area contributed by atoms with Crippen molar-refractivity contribution in [3.05, 3.63) is 46.7 Å². The van der Waals surface area contributed by atoms with Crippen LogP contribution in [-0.4, -0.2) is 50.1 Å². The van der Waals surface area contributed by atoms with Crippen LogP contribution in [0.2, 0.25) is 0 Å². The van der Waals surface area contributed by atoms with E-state index in [0.29, 0.717) is 41.1 Å². The van der Waals surface area contributed by atoms with E-state index in [1.165, 1.54) is 11.2 Å². The Bertz CT molecular complexity index is 1170. The van der Waals surface area contributed by atoms with E-state index in [-0.39, 0.29) is 5.91 Å². The Balaban J connectivity index is 1.73. The van der Waals surface area contributed by atoms with Crippen molar-refractivity contribution in [3.8, 4) is 23.1 Å². The minimum absolute atomic E-state index is 0.299. The largest absolute Gasteiger partial charge is 0.382 e. The number of hydrogen-bond acceptors (Lipinski definition) is 6. The SMILES string of the molecule is CN1CCC(O)(C#Cc2cccc(-c3cc(Br)c4ncnc(N)c4n3)c2)C1=O. The van der Waals surface area contributed by atoms with E-state index in [4.69, 9.17) is 5.73 Å². The molecule has 28 heavy (non-hydrogen) atoms. The van der Waals surface area contributed by atoms with Gasteiger partial charge >= 0.3 is 0 Å². The molecule has 7 nitrogen and oxygen atoms in total. The first-order valence-electron chi connectivity index (χ1n) is 8.56. The van der Waals surface area contributed by atoms with Crippen LogP contribution in [0.15, 0.2) is 41.1 Å². The molecule has 0 spiro atoms. The minimum Gasteiger partial charge on any atom is -0.382 e. The first-order valence-corrected chi connectivity index (χ1v) is 9.35. The van der Waals surface area contributed by atoms with Crippen LogP contribution in [0.25, 0.3) is 22.3 Å². The lowest BCUT2D eigenvalue weighted by molar-refractivity contribution is -0.137. The molecule has 1 unspecified atom stereocenters. The first kappa shape index (κ1) is 18.3. The van der Waals surface area contributed by atoms with Crippen molar-refractivity contribution in [2.24, 2.45) is 0 Å². The lowest BCUT2D eigenvalue weighted by Crippen LogP contribution is -2.37. The molecule has 8 heteroatoms. The van der Waals surface area contributed by atoms with Crippen LogP contribution in [0.1, 0.15) is 12.0 Å². The lowest BCUT2D eigenvalue weighted by Gasteiger charge is -2.13. The van der Waals surface area contributed by atoms with E-state index in [1.54, 1.807) is 7.05 Å². The number of likely N-dealkylation sites (tertiary alicyclic amines) is 1. The van der Waals surface area contributed by atoms with Crippen molar-refractivity contribution in [2.75, 3.05) is 19.3 Å². The molecule has 3 N–H and O–H groups in total. The van der Waals surface area contributed by atoms with Gasteiger partial charge < -0.3 is 15.7 Å². The highest BCUT2D eigenvalue weighted by Crippen LogP contribution is 2.29. The summed E-state index contributed by atoms with van der Waals surface area (Å²) in [5.74, 6) is 5.57. The van der Waals surface area contributed by atoms with Crippen molar-refractivity contribution in [1.82, 2.24) is 19.9 Å². The van der Waals surface area contributed by atoms with Crippen LogP contribution in [0, 0.1) is 11.8 Å². The predicted molar refractivity (Wildman–Crippen MR) is 109 cm³/mol. The Morgan fingerprint density at radius 1 is 1.29 bits per heavy atom. The van der Waals surface area contributed by atoms with Crippen molar-refractivity contribution in [2.45, 2.75) is 12.0 Å². The minimum atomic E-state index is -1.62. The number of halogens is 1. The third-order valence-electron chi connectivity index (χ3n) is 4.65. The molecule has 1 amide bonds. The second kappa shape index (κ2) is 6.86. The van der Waals surface area contributed by atoms with Crippen LogP contribution in [0.4, 0.5) is 5.82 Å². The van der Waals surface area contributed by atoms with Crippen molar-refractivity contribution in [3.63, 3.8) is 0 Å². The molecule has 0 saturated carbocycles. The van der Waals surface area contributed by atoms with Gasteiger partial charge in [0.15, 0.2) is 5.82 Å². The number of amides is 1. The molecule has 1 aromatic carbocycles. The van der Waals surface area contributed by atoms with Crippen LogP contribution in [-0.2, 0) is 4.79 Å². The van der Waals surface area contributed by atoms with Crippen molar-refractivity contribution >= 4 is 38.7 Å². The van der Waals surface area contributed by atoms with Crippen molar-refractivity contribution in [1.29, 1.82) is 0 Å². The number of benzene rings is 1. The summed E-state index contributed by atoms with van der Waals surface area (Å²) in [7, 11) is 1.65. The molecule has 1 saturated heterocycles. The number of aliphatic hydroxyl groups is 1. The maximum absolute atomic E-state index is 12.1. The molecule has 1 aliphatic heterocycles. The fourth-order valence-electron chi connectivity index (χ4n) is 3.07. The number of fused-ring (bicyclic) bond motifs is 1. The number of likely N-dealkylation sites (N-methyl/N-ethyl adjacent to an activating group) is 1. The summed E-state index contributed by atoms with van der Waals surface area (Å²) in [5, 5.41) is 10.5. The summed E-state index contributed by atoms with van der Waals surface area (Å²) in [6, 6.07) is 9.26. The molecule has 0 bridgehead atoms. The molecule has 0 radical (unpaired) electrons. The molecule has 140 valence electrons. The number of carbonyl (C=O) groups excluding carboxylic acids is 1. The molecular formula is C20H16BrN5O2. The van der Waals surface area contributed by atoms with E-state index in [1.807, 2.05) is 30.3 Å². The highest BCUT2D eigenvalue weighted by Gasteiger charge is 2.42. The van der Waals surface area contributed by atoms with Gasteiger partial charge in [-0.1, -0.05) is 24.0 Å². The van der Waals surface area contributed by atoms with Gasteiger partial charge in [0.2, 0.25) is 5.60 Å². The van der Waals surface area contributed by atoms with Crippen LogP contribution in [0.5, 0.6) is 0 Å². The molecule has 0 aliphatic carbocycles. The topological polar surface area (TPSA) is 105 Å². The second-order valence-electron chi connectivity index (χ2n) is 6.61. The summed E-state index contributed by atoms with van der Waals surface area (Å²) in [4.78, 5) is 26.3. The molecule has 3 heterocycles. The van der Waals surface area contributed by atoms with Gasteiger partial charge in [-0.15, -0.1) is 0 Å². The van der Waals surface area contributed by atoms with Gasteiger partial charge in [-0.3, -0.25) is 4.79 Å². The molecule has 4 rings (SSSR count). The Kier molecular flexibility index (Phi) is 4.49. The standard InChI is InChI=1S/C20H16BrN5O2/c1-26-8-7-20(28,19(26)27)6-5-12-3-2-4-13(9-12)15-10-14(21)16-17(25-15)18(22)24-11-23-16/h2-4,9-11,28H,7-8H2,1H3,(H2,22,23,24). The molecule has 1 aliphatic rings. The average molecular weight is 438 g/mol. The van der Waals surface area contributed by atoms with Gasteiger partial charge in [0, 0.05) is 35.6 Å². The number of aromatic nitrogens is 3. The summed E-state index contributed by atoms with van der Waals surface area (Å²) in [6.07, 6.45) is 1.69. The number of nitrogen functional groups attached to an aromatic ring is 1. The first-order chi connectivity index (χ1) is 13.4. The maximum Gasteiger partial charge on any atom is 0.267 e. The monoisotopic (exact) mass is 437 g/mol. The zero-order chi connectivity index (χ0) is 19.9. The van der Waals surface area contributed by atoms with E-state index < -0.39 is 5.60 Å². The number of pyridine rings is 1. The van der Waals surface area contributed by atoms with Gasteiger partial charge in [-0.2, -0.15) is 0 Å². The zero-order valence-electron chi connectivity index (χ0n) is 15.0. The van der Waals surface area contributed by atoms with E-state index in [9.17, 15) is 9.90 Å². The Hall–Kier alpha value is -3.02. The third kappa shape index (κ3) is 3.19. The van der Waals surface area contributed by atoms with Gasteiger partial charge in [-0.25, -0.2) is 15.0 Å². The number of hydrogen-bond donors (Lipinski definition) is 2. The molecule has 1 atom stereocenters. The molecule has 1 fully saturated rings.